The highest BCUT2D eigenvalue weighted by Gasteiger charge is 2.10. The third-order valence-corrected chi connectivity index (χ3v) is 2.73. The molecule has 0 atom stereocenters. The quantitative estimate of drug-likeness (QED) is 0.841. The highest BCUT2D eigenvalue weighted by Crippen LogP contribution is 2.14. The molecule has 1 rings (SSSR count). The van der Waals surface area contributed by atoms with Crippen molar-refractivity contribution in [2.75, 3.05) is 33.8 Å². The Bertz CT molecular complexity index is 393. The number of hydrogen-bond acceptors (Lipinski definition) is 3. The van der Waals surface area contributed by atoms with Gasteiger partial charge in [-0.3, -0.25) is 4.79 Å². The largest absolute Gasteiger partial charge is 0.493 e. The van der Waals surface area contributed by atoms with Crippen molar-refractivity contribution in [2.45, 2.75) is 13.8 Å². The van der Waals surface area contributed by atoms with E-state index >= 15 is 0 Å². The SMILES string of the molecule is CNCCN(C)C(=O)c1ccc(OCC(C)C)cc1.Cl. The molecule has 1 N–H and O–H groups in total. The summed E-state index contributed by atoms with van der Waals surface area (Å²) in [4.78, 5) is 13.8. The summed E-state index contributed by atoms with van der Waals surface area (Å²) in [5.41, 5.74) is 0.690. The van der Waals surface area contributed by atoms with Crippen LogP contribution in [0.2, 0.25) is 0 Å². The van der Waals surface area contributed by atoms with Crippen LogP contribution in [0.1, 0.15) is 24.2 Å². The van der Waals surface area contributed by atoms with Gasteiger partial charge in [-0.15, -0.1) is 12.4 Å². The second-order valence-corrected chi connectivity index (χ2v) is 5.06. The summed E-state index contributed by atoms with van der Waals surface area (Å²) >= 11 is 0. The zero-order valence-corrected chi connectivity index (χ0v) is 13.5. The average Bonchev–Trinajstić information content (AvgIpc) is 2.42. The number of rotatable bonds is 7. The lowest BCUT2D eigenvalue weighted by Crippen LogP contribution is -2.32. The van der Waals surface area contributed by atoms with E-state index in [4.69, 9.17) is 4.74 Å². The summed E-state index contributed by atoms with van der Waals surface area (Å²) in [6.45, 7) is 6.39. The van der Waals surface area contributed by atoms with Gasteiger partial charge < -0.3 is 15.0 Å². The minimum absolute atomic E-state index is 0. The van der Waals surface area contributed by atoms with E-state index in [0.717, 1.165) is 12.3 Å². The van der Waals surface area contributed by atoms with Crippen LogP contribution in [0.4, 0.5) is 0 Å². The molecule has 4 nitrogen and oxygen atoms in total. The molecule has 0 saturated carbocycles. The fraction of sp³-hybridized carbons (Fsp3) is 0.533. The standard InChI is InChI=1S/C15H24N2O2.ClH/c1-12(2)11-19-14-7-5-13(6-8-14)15(18)17(4)10-9-16-3;/h5-8,12,16H,9-11H2,1-4H3;1H. The molecular weight excluding hydrogens is 276 g/mol. The second kappa shape index (κ2) is 9.61. The number of benzene rings is 1. The Labute approximate surface area is 127 Å². The second-order valence-electron chi connectivity index (χ2n) is 5.06. The molecule has 20 heavy (non-hydrogen) atoms. The summed E-state index contributed by atoms with van der Waals surface area (Å²) in [6, 6.07) is 7.32. The van der Waals surface area contributed by atoms with Crippen LogP contribution < -0.4 is 10.1 Å². The summed E-state index contributed by atoms with van der Waals surface area (Å²) in [5.74, 6) is 1.34. The molecule has 1 aromatic rings. The van der Waals surface area contributed by atoms with Gasteiger partial charge in [-0.05, 0) is 37.2 Å². The Morgan fingerprint density at radius 3 is 2.40 bits per heavy atom. The fourth-order valence-electron chi connectivity index (χ4n) is 1.56. The maximum absolute atomic E-state index is 12.1. The maximum Gasteiger partial charge on any atom is 0.253 e. The van der Waals surface area contributed by atoms with E-state index in [9.17, 15) is 4.79 Å². The minimum atomic E-state index is 0. The lowest BCUT2D eigenvalue weighted by atomic mass is 10.2. The predicted molar refractivity (Wildman–Crippen MR) is 84.9 cm³/mol. The Hall–Kier alpha value is -1.26. The van der Waals surface area contributed by atoms with Crippen LogP contribution in [0.5, 0.6) is 5.75 Å². The molecule has 0 aliphatic carbocycles. The van der Waals surface area contributed by atoms with Gasteiger partial charge in [0.25, 0.3) is 5.91 Å². The molecule has 1 amide bonds. The maximum atomic E-state index is 12.1. The van der Waals surface area contributed by atoms with Crippen LogP contribution in [-0.2, 0) is 0 Å². The average molecular weight is 301 g/mol. The lowest BCUT2D eigenvalue weighted by Gasteiger charge is -2.17. The molecule has 0 aliphatic rings. The van der Waals surface area contributed by atoms with Gasteiger partial charge in [0.05, 0.1) is 6.61 Å². The Kier molecular flexibility index (Phi) is 9.01. The summed E-state index contributed by atoms with van der Waals surface area (Å²) < 4.78 is 5.59. The van der Waals surface area contributed by atoms with Crippen molar-refractivity contribution in [1.82, 2.24) is 10.2 Å². The molecule has 1 aromatic carbocycles. The van der Waals surface area contributed by atoms with Crippen LogP contribution in [0, 0.1) is 5.92 Å². The first-order valence-electron chi connectivity index (χ1n) is 6.67. The number of nitrogens with zero attached hydrogens (tertiary/aromatic N) is 1. The van der Waals surface area contributed by atoms with Gasteiger partial charge in [-0.25, -0.2) is 0 Å². The number of nitrogens with one attached hydrogen (secondary N) is 1. The number of carbonyl (C=O) groups is 1. The van der Waals surface area contributed by atoms with Crippen molar-refractivity contribution in [3.63, 3.8) is 0 Å². The van der Waals surface area contributed by atoms with Crippen LogP contribution >= 0.6 is 12.4 Å². The van der Waals surface area contributed by atoms with Gasteiger partial charge in [-0.1, -0.05) is 13.8 Å². The molecule has 0 radical (unpaired) electrons. The van der Waals surface area contributed by atoms with Gasteiger partial charge >= 0.3 is 0 Å². The molecule has 114 valence electrons. The molecule has 0 aliphatic heterocycles. The molecule has 0 heterocycles. The van der Waals surface area contributed by atoms with E-state index in [1.807, 2.05) is 38.4 Å². The van der Waals surface area contributed by atoms with Crippen LogP contribution in [0.3, 0.4) is 0 Å². The van der Waals surface area contributed by atoms with E-state index in [1.165, 1.54) is 0 Å². The molecule has 5 heteroatoms. The summed E-state index contributed by atoms with van der Waals surface area (Å²) in [5, 5.41) is 3.03. The van der Waals surface area contributed by atoms with Gasteiger partial charge in [-0.2, -0.15) is 0 Å². The Balaban J connectivity index is 0.00000361. The van der Waals surface area contributed by atoms with E-state index < -0.39 is 0 Å². The zero-order valence-electron chi connectivity index (χ0n) is 12.7. The highest BCUT2D eigenvalue weighted by atomic mass is 35.5. The van der Waals surface area contributed by atoms with Gasteiger partial charge in [0, 0.05) is 25.7 Å². The topological polar surface area (TPSA) is 41.6 Å². The van der Waals surface area contributed by atoms with Crippen molar-refractivity contribution >= 4 is 18.3 Å². The number of halogens is 1. The van der Waals surface area contributed by atoms with Crippen LogP contribution in [-0.4, -0.2) is 44.6 Å². The normalized spacial score (nSPS) is 10.1. The first kappa shape index (κ1) is 18.7. The molecule has 0 saturated heterocycles. The summed E-state index contributed by atoms with van der Waals surface area (Å²) in [6.07, 6.45) is 0. The Morgan fingerprint density at radius 2 is 1.90 bits per heavy atom. The van der Waals surface area contributed by atoms with Crippen molar-refractivity contribution in [3.05, 3.63) is 29.8 Å². The van der Waals surface area contributed by atoms with E-state index in [0.29, 0.717) is 24.6 Å². The number of likely N-dealkylation sites (N-methyl/N-ethyl adjacent to an activating group) is 2. The molecule has 0 fully saturated rings. The minimum Gasteiger partial charge on any atom is -0.493 e. The molecule has 0 bridgehead atoms. The van der Waals surface area contributed by atoms with Gasteiger partial charge in [0.15, 0.2) is 0 Å². The predicted octanol–water partition coefficient (Wildman–Crippen LogP) is 2.43. The first-order valence-corrected chi connectivity index (χ1v) is 6.67. The number of carbonyl (C=O) groups excluding carboxylic acids is 1. The third-order valence-electron chi connectivity index (χ3n) is 2.73. The Morgan fingerprint density at radius 1 is 1.30 bits per heavy atom. The van der Waals surface area contributed by atoms with E-state index in [1.54, 1.807) is 4.90 Å². The number of amides is 1. The zero-order chi connectivity index (χ0) is 14.3. The number of ether oxygens (including phenoxy) is 1. The van der Waals surface area contributed by atoms with Crippen LogP contribution in [0.15, 0.2) is 24.3 Å². The van der Waals surface area contributed by atoms with Crippen molar-refractivity contribution in [3.8, 4) is 5.75 Å². The molecule has 0 aromatic heterocycles. The van der Waals surface area contributed by atoms with Crippen molar-refractivity contribution < 1.29 is 9.53 Å². The highest BCUT2D eigenvalue weighted by molar-refractivity contribution is 5.94. The van der Waals surface area contributed by atoms with Gasteiger partial charge in [0.2, 0.25) is 0 Å². The first-order chi connectivity index (χ1) is 9.04. The number of hydrogen-bond donors (Lipinski definition) is 1. The molecular formula is C15H25ClN2O2. The molecule has 0 spiro atoms. The molecule has 0 unspecified atom stereocenters. The third kappa shape index (κ3) is 6.26. The van der Waals surface area contributed by atoms with Crippen molar-refractivity contribution in [2.24, 2.45) is 5.92 Å². The van der Waals surface area contributed by atoms with Crippen molar-refractivity contribution in [1.29, 1.82) is 0 Å². The van der Waals surface area contributed by atoms with Crippen LogP contribution in [0.25, 0.3) is 0 Å². The summed E-state index contributed by atoms with van der Waals surface area (Å²) in [7, 11) is 3.68. The van der Waals surface area contributed by atoms with E-state index in [2.05, 4.69) is 19.2 Å². The van der Waals surface area contributed by atoms with E-state index in [-0.39, 0.29) is 18.3 Å². The lowest BCUT2D eigenvalue weighted by molar-refractivity contribution is 0.0797. The fourth-order valence-corrected chi connectivity index (χ4v) is 1.56. The smallest absolute Gasteiger partial charge is 0.253 e. The van der Waals surface area contributed by atoms with Gasteiger partial charge in [0.1, 0.15) is 5.75 Å². The monoisotopic (exact) mass is 300 g/mol.